The van der Waals surface area contributed by atoms with E-state index in [9.17, 15) is 13.6 Å². The Bertz CT molecular complexity index is 775. The Morgan fingerprint density at radius 3 is 2.68 bits per heavy atom. The van der Waals surface area contributed by atoms with Crippen molar-refractivity contribution in [1.29, 1.82) is 5.26 Å². The molecular formula is C18H16F2N2O3. The third-order valence-corrected chi connectivity index (χ3v) is 3.29. The van der Waals surface area contributed by atoms with Crippen molar-refractivity contribution in [2.45, 2.75) is 26.2 Å². The highest BCUT2D eigenvalue weighted by molar-refractivity contribution is 5.80. The summed E-state index contributed by atoms with van der Waals surface area (Å²) in [5, 5.41) is 11.5. The maximum atomic E-state index is 12.4. The molecule has 0 fully saturated rings. The van der Waals surface area contributed by atoms with E-state index >= 15 is 0 Å². The summed E-state index contributed by atoms with van der Waals surface area (Å²) in [6.07, 6.45) is -0.822. The van der Waals surface area contributed by atoms with E-state index in [1.165, 1.54) is 12.1 Å². The number of ether oxygens (including phenoxy) is 2. The van der Waals surface area contributed by atoms with Crippen molar-refractivity contribution in [3.05, 3.63) is 59.7 Å². The third kappa shape index (κ3) is 5.46. The topological polar surface area (TPSA) is 71.3 Å². The van der Waals surface area contributed by atoms with E-state index in [0.29, 0.717) is 16.9 Å². The number of carbonyl (C=O) groups excluding carboxylic acids is 1. The first-order valence-corrected chi connectivity index (χ1v) is 7.47. The Morgan fingerprint density at radius 1 is 1.20 bits per heavy atom. The number of nitriles is 1. The smallest absolute Gasteiger partial charge is 0.387 e. The van der Waals surface area contributed by atoms with Crippen LogP contribution in [0.2, 0.25) is 0 Å². The van der Waals surface area contributed by atoms with Crippen LogP contribution in [0.3, 0.4) is 0 Å². The number of rotatable bonds is 7. The quantitative estimate of drug-likeness (QED) is 0.835. The molecule has 130 valence electrons. The average molecular weight is 346 g/mol. The fourth-order valence-corrected chi connectivity index (χ4v) is 2.08. The molecule has 0 aromatic heterocycles. The summed E-state index contributed by atoms with van der Waals surface area (Å²) in [7, 11) is 0. The van der Waals surface area contributed by atoms with Gasteiger partial charge in [0.1, 0.15) is 11.5 Å². The summed E-state index contributed by atoms with van der Waals surface area (Å²) in [6.45, 7) is -1.37. The van der Waals surface area contributed by atoms with Crippen LogP contribution in [0.15, 0.2) is 48.5 Å². The van der Waals surface area contributed by atoms with Gasteiger partial charge in [-0.05, 0) is 31.2 Å². The minimum absolute atomic E-state index is 0.00749. The molecule has 5 nitrogen and oxygen atoms in total. The Morgan fingerprint density at radius 2 is 1.96 bits per heavy atom. The van der Waals surface area contributed by atoms with Crippen LogP contribution >= 0.6 is 0 Å². The molecule has 2 aromatic rings. The number of benzene rings is 2. The maximum Gasteiger partial charge on any atom is 0.387 e. The molecule has 0 heterocycles. The number of nitrogens with one attached hydrogen (secondary N) is 1. The van der Waals surface area contributed by atoms with Gasteiger partial charge in [-0.15, -0.1) is 0 Å². The van der Waals surface area contributed by atoms with E-state index in [1.807, 2.05) is 6.07 Å². The molecule has 1 N–H and O–H groups in total. The summed E-state index contributed by atoms with van der Waals surface area (Å²) in [4.78, 5) is 12.1. The predicted molar refractivity (Wildman–Crippen MR) is 86.2 cm³/mol. The fourth-order valence-electron chi connectivity index (χ4n) is 2.08. The molecule has 1 amide bonds. The van der Waals surface area contributed by atoms with Crippen molar-refractivity contribution in [1.82, 2.24) is 5.32 Å². The molecule has 0 saturated carbocycles. The fraction of sp³-hybridized carbons (Fsp3) is 0.222. The lowest BCUT2D eigenvalue weighted by molar-refractivity contribution is -0.127. The number of carbonyl (C=O) groups is 1. The number of halogens is 2. The molecule has 0 aliphatic carbocycles. The zero-order valence-electron chi connectivity index (χ0n) is 13.4. The first kappa shape index (κ1) is 18.2. The molecule has 2 aromatic carbocycles. The average Bonchev–Trinajstić information content (AvgIpc) is 2.60. The normalized spacial score (nSPS) is 11.5. The summed E-state index contributed by atoms with van der Waals surface area (Å²) < 4.78 is 34.7. The van der Waals surface area contributed by atoms with Gasteiger partial charge in [0.05, 0.1) is 11.6 Å². The number of hydrogen-bond acceptors (Lipinski definition) is 4. The minimum Gasteiger partial charge on any atom is -0.481 e. The van der Waals surface area contributed by atoms with Gasteiger partial charge in [-0.25, -0.2) is 0 Å². The van der Waals surface area contributed by atoms with E-state index in [0.717, 1.165) is 0 Å². The standard InChI is InChI=1S/C18H16F2N2O3/c1-12(24-15-7-4-5-13(9-15)10-21)17(23)22-11-14-6-2-3-8-16(14)25-18(19)20/h2-9,12,18H,11H2,1H3,(H,22,23). The lowest BCUT2D eigenvalue weighted by Gasteiger charge is -2.16. The molecule has 0 spiro atoms. The molecule has 7 heteroatoms. The van der Waals surface area contributed by atoms with Gasteiger partial charge >= 0.3 is 6.61 Å². The summed E-state index contributed by atoms with van der Waals surface area (Å²) in [5.74, 6) is -0.0227. The van der Waals surface area contributed by atoms with Crippen LogP contribution in [0.5, 0.6) is 11.5 Å². The van der Waals surface area contributed by atoms with Crippen LogP contribution < -0.4 is 14.8 Å². The lowest BCUT2D eigenvalue weighted by Crippen LogP contribution is -2.36. The zero-order chi connectivity index (χ0) is 18.2. The Hall–Kier alpha value is -3.14. The highest BCUT2D eigenvalue weighted by atomic mass is 19.3. The molecule has 0 aliphatic heterocycles. The van der Waals surface area contributed by atoms with Crippen molar-refractivity contribution in [3.63, 3.8) is 0 Å². The largest absolute Gasteiger partial charge is 0.481 e. The number of alkyl halides is 2. The Labute approximate surface area is 143 Å². The van der Waals surface area contributed by atoms with E-state index in [4.69, 9.17) is 10.00 Å². The van der Waals surface area contributed by atoms with Crippen LogP contribution in [0, 0.1) is 11.3 Å². The summed E-state index contributed by atoms with van der Waals surface area (Å²) in [6, 6.07) is 14.6. The second-order valence-electron chi connectivity index (χ2n) is 5.10. The van der Waals surface area contributed by atoms with Gasteiger partial charge in [-0.3, -0.25) is 4.79 Å². The van der Waals surface area contributed by atoms with Gasteiger partial charge in [0.2, 0.25) is 0 Å². The molecule has 2 rings (SSSR count). The van der Waals surface area contributed by atoms with Crippen LogP contribution in [0.25, 0.3) is 0 Å². The number of para-hydroxylation sites is 1. The van der Waals surface area contributed by atoms with Gasteiger partial charge in [-0.1, -0.05) is 24.3 Å². The number of amides is 1. The molecule has 0 bridgehead atoms. The van der Waals surface area contributed by atoms with Crippen molar-refractivity contribution in [2.24, 2.45) is 0 Å². The van der Waals surface area contributed by atoms with Crippen molar-refractivity contribution in [2.75, 3.05) is 0 Å². The summed E-state index contributed by atoms with van der Waals surface area (Å²) >= 11 is 0. The van der Waals surface area contributed by atoms with Gasteiger partial charge < -0.3 is 14.8 Å². The van der Waals surface area contributed by atoms with Crippen molar-refractivity contribution >= 4 is 5.91 Å². The molecule has 0 radical (unpaired) electrons. The minimum atomic E-state index is -2.94. The van der Waals surface area contributed by atoms with E-state index in [1.54, 1.807) is 43.3 Å². The first-order chi connectivity index (χ1) is 12.0. The zero-order valence-corrected chi connectivity index (χ0v) is 13.4. The Balaban J connectivity index is 1.95. The molecular weight excluding hydrogens is 330 g/mol. The summed E-state index contributed by atoms with van der Waals surface area (Å²) in [5.41, 5.74) is 0.845. The molecule has 25 heavy (non-hydrogen) atoms. The van der Waals surface area contributed by atoms with Crippen LogP contribution in [-0.2, 0) is 11.3 Å². The second-order valence-corrected chi connectivity index (χ2v) is 5.10. The van der Waals surface area contributed by atoms with Gasteiger partial charge in [0.25, 0.3) is 5.91 Å². The Kier molecular flexibility index (Phi) is 6.29. The first-order valence-electron chi connectivity index (χ1n) is 7.47. The monoisotopic (exact) mass is 346 g/mol. The van der Waals surface area contributed by atoms with Crippen molar-refractivity contribution < 1.29 is 23.0 Å². The van der Waals surface area contributed by atoms with E-state index in [-0.39, 0.29) is 12.3 Å². The molecule has 0 aliphatic rings. The molecule has 1 unspecified atom stereocenters. The van der Waals surface area contributed by atoms with Crippen molar-refractivity contribution in [3.8, 4) is 17.6 Å². The van der Waals surface area contributed by atoms with Gasteiger partial charge in [-0.2, -0.15) is 14.0 Å². The van der Waals surface area contributed by atoms with E-state index < -0.39 is 18.6 Å². The lowest BCUT2D eigenvalue weighted by atomic mass is 10.2. The van der Waals surface area contributed by atoms with Crippen LogP contribution in [-0.4, -0.2) is 18.6 Å². The predicted octanol–water partition coefficient (Wildman–Crippen LogP) is 3.24. The van der Waals surface area contributed by atoms with Crippen LogP contribution in [0.4, 0.5) is 8.78 Å². The highest BCUT2D eigenvalue weighted by Gasteiger charge is 2.16. The van der Waals surface area contributed by atoms with Crippen LogP contribution in [0.1, 0.15) is 18.1 Å². The second kappa shape index (κ2) is 8.64. The number of hydrogen-bond donors (Lipinski definition) is 1. The van der Waals surface area contributed by atoms with E-state index in [2.05, 4.69) is 10.1 Å². The highest BCUT2D eigenvalue weighted by Crippen LogP contribution is 2.20. The molecule has 1 atom stereocenters. The van der Waals surface area contributed by atoms with Gasteiger partial charge in [0, 0.05) is 12.1 Å². The molecule has 0 saturated heterocycles. The number of nitrogens with zero attached hydrogens (tertiary/aromatic N) is 1. The third-order valence-electron chi connectivity index (χ3n) is 3.29. The van der Waals surface area contributed by atoms with Gasteiger partial charge in [0.15, 0.2) is 6.10 Å². The maximum absolute atomic E-state index is 12.4. The SMILES string of the molecule is CC(Oc1cccc(C#N)c1)C(=O)NCc1ccccc1OC(F)F.